The number of nitrogens with one attached hydrogen (secondary N) is 1. The smallest absolute Gasteiger partial charge is 0.363 e. The van der Waals surface area contributed by atoms with E-state index in [9.17, 15) is 24.6 Å². The van der Waals surface area contributed by atoms with Gasteiger partial charge in [0, 0.05) is 21.3 Å². The molecule has 0 aliphatic carbocycles. The first-order valence-corrected chi connectivity index (χ1v) is 8.04. The van der Waals surface area contributed by atoms with Gasteiger partial charge in [-0.1, -0.05) is 7.77 Å². The Balaban J connectivity index is 5.62. The minimum atomic E-state index is -5.70. The van der Waals surface area contributed by atoms with Gasteiger partial charge in [0.1, 0.15) is 0 Å². The molecule has 0 aliphatic heterocycles. The van der Waals surface area contributed by atoms with Crippen LogP contribution in [0.2, 0.25) is 0 Å². The highest BCUT2D eigenvalue weighted by atomic mass is 32.3. The predicted octanol–water partition coefficient (Wildman–Crippen LogP) is -1.40. The highest BCUT2D eigenvalue weighted by Crippen LogP contribution is 2.17. The summed E-state index contributed by atoms with van der Waals surface area (Å²) in [4.78, 5) is 0.753. The Hall–Kier alpha value is -0.223. The van der Waals surface area contributed by atoms with Crippen LogP contribution in [0.4, 0.5) is 7.77 Å². The molecule has 0 aromatic carbocycles. The van der Waals surface area contributed by atoms with Gasteiger partial charge >= 0.3 is 29.8 Å². The van der Waals surface area contributed by atoms with Crippen molar-refractivity contribution < 1.29 is 37.9 Å². The lowest BCUT2D eigenvalue weighted by Gasteiger charge is -2.30. The summed E-state index contributed by atoms with van der Waals surface area (Å²) < 4.78 is 79.9. The van der Waals surface area contributed by atoms with Gasteiger partial charge in [0.05, 0.1) is 0 Å². The molecular formula is C3H10F2N2O7S2Si. The lowest BCUT2D eigenvalue weighted by molar-refractivity contribution is 0.0761. The fourth-order valence-corrected chi connectivity index (χ4v) is 5.16. The maximum absolute atomic E-state index is 12.8. The van der Waals surface area contributed by atoms with Gasteiger partial charge in [-0.2, -0.15) is 16.8 Å². The van der Waals surface area contributed by atoms with Gasteiger partial charge in [0.25, 0.3) is 0 Å². The van der Waals surface area contributed by atoms with Crippen molar-refractivity contribution in [1.29, 1.82) is 0 Å². The zero-order valence-corrected chi connectivity index (χ0v) is 11.5. The van der Waals surface area contributed by atoms with Crippen molar-refractivity contribution in [2.45, 2.75) is 0 Å². The Bertz CT molecular complexity index is 439. The van der Waals surface area contributed by atoms with E-state index >= 15 is 0 Å². The van der Waals surface area contributed by atoms with Gasteiger partial charge in [-0.3, -0.25) is 0 Å². The third-order valence-electron chi connectivity index (χ3n) is 1.43. The lowest BCUT2D eigenvalue weighted by Crippen LogP contribution is -2.66. The van der Waals surface area contributed by atoms with E-state index in [-0.39, 0.29) is 0 Å². The topological polar surface area (TPSA) is 111 Å². The first kappa shape index (κ1) is 16.8. The van der Waals surface area contributed by atoms with Crippen LogP contribution in [0.15, 0.2) is 0 Å². The lowest BCUT2D eigenvalue weighted by atomic mass is 11.8. The molecule has 0 bridgehead atoms. The van der Waals surface area contributed by atoms with E-state index in [2.05, 4.69) is 13.3 Å². The van der Waals surface area contributed by atoms with Crippen LogP contribution in [0, 0.1) is 0 Å². The van der Waals surface area contributed by atoms with Gasteiger partial charge in [-0.25, -0.2) is 0 Å². The molecule has 0 fully saturated rings. The summed E-state index contributed by atoms with van der Waals surface area (Å²) in [5, 5.41) is 0. The summed E-state index contributed by atoms with van der Waals surface area (Å²) in [7, 11) is -13.1. The summed E-state index contributed by atoms with van der Waals surface area (Å²) in [6.07, 6.45) is 0. The SMILES string of the molecule is CO[Si](OC)(OC)N(NS(=O)(=O)F)S(=O)(=O)F. The minimum Gasteiger partial charge on any atom is -0.363 e. The average Bonchev–Trinajstić information content (AvgIpc) is 2.16. The number of hydrogen-bond donors (Lipinski definition) is 1. The fraction of sp³-hybridized carbons (Fsp3) is 1.00. The van der Waals surface area contributed by atoms with Crippen molar-refractivity contribution in [2.24, 2.45) is 0 Å². The molecule has 104 valence electrons. The molecule has 17 heavy (non-hydrogen) atoms. The second-order valence-electron chi connectivity index (χ2n) is 2.37. The Morgan fingerprint density at radius 3 is 1.53 bits per heavy atom. The third kappa shape index (κ3) is 4.51. The van der Waals surface area contributed by atoms with Crippen LogP contribution in [0.3, 0.4) is 0 Å². The van der Waals surface area contributed by atoms with E-state index in [1.165, 1.54) is 0 Å². The molecule has 1 N–H and O–H groups in total. The van der Waals surface area contributed by atoms with E-state index in [0.717, 1.165) is 26.2 Å². The molecule has 0 atom stereocenters. The standard InChI is InChI=1S/C3H10F2N2O7S2Si/c1-12-17(13-2,14-3)7(16(5,10)11)6-15(4,8)9/h6H,1-3H3. The van der Waals surface area contributed by atoms with E-state index < -0.39 is 33.9 Å². The first-order chi connectivity index (χ1) is 7.52. The van der Waals surface area contributed by atoms with Crippen molar-refractivity contribution in [1.82, 2.24) is 8.91 Å². The summed E-state index contributed by atoms with van der Waals surface area (Å²) in [6, 6.07) is 0. The van der Waals surface area contributed by atoms with E-state index in [1.54, 1.807) is 0 Å². The van der Waals surface area contributed by atoms with Gasteiger partial charge in [-0.05, 0) is 4.08 Å². The fourth-order valence-electron chi connectivity index (χ4n) is 0.832. The molecule has 0 aromatic rings. The number of hydrazine groups is 1. The highest BCUT2D eigenvalue weighted by molar-refractivity contribution is 7.88. The molecule has 0 saturated carbocycles. The maximum Gasteiger partial charge on any atom is 0.630 e. The maximum atomic E-state index is 12.8. The molecule has 0 rings (SSSR count). The molecule has 14 heteroatoms. The number of halogens is 2. The number of hydrogen-bond acceptors (Lipinski definition) is 7. The van der Waals surface area contributed by atoms with Crippen LogP contribution < -0.4 is 4.83 Å². The molecule has 0 heterocycles. The third-order valence-corrected chi connectivity index (χ3v) is 6.12. The molecule has 0 radical (unpaired) electrons. The minimum absolute atomic E-state index is 0.685. The molecule has 0 saturated heterocycles. The van der Waals surface area contributed by atoms with Gasteiger partial charge in [0.15, 0.2) is 0 Å². The Kier molecular flexibility index (Phi) is 5.54. The summed E-state index contributed by atoms with van der Waals surface area (Å²) in [6.45, 7) is 0. The molecule has 0 amide bonds. The van der Waals surface area contributed by atoms with Crippen molar-refractivity contribution in [3.63, 3.8) is 0 Å². The molecular weight excluding hydrogens is 306 g/mol. The molecule has 0 aliphatic rings. The predicted molar refractivity (Wildman–Crippen MR) is 51.8 cm³/mol. The van der Waals surface area contributed by atoms with Crippen molar-refractivity contribution in [3.8, 4) is 0 Å². The van der Waals surface area contributed by atoms with Crippen molar-refractivity contribution in [3.05, 3.63) is 0 Å². The largest absolute Gasteiger partial charge is 0.630 e. The molecule has 9 nitrogen and oxygen atoms in total. The molecule has 0 spiro atoms. The van der Waals surface area contributed by atoms with Crippen molar-refractivity contribution >= 4 is 29.8 Å². The van der Waals surface area contributed by atoms with Crippen molar-refractivity contribution in [2.75, 3.05) is 21.3 Å². The summed E-state index contributed by atoms with van der Waals surface area (Å²) >= 11 is 0. The van der Waals surface area contributed by atoms with Gasteiger partial charge in [0.2, 0.25) is 0 Å². The Morgan fingerprint density at radius 1 is 1.00 bits per heavy atom. The number of rotatable bonds is 7. The summed E-state index contributed by atoms with van der Waals surface area (Å²) in [5.41, 5.74) is 0. The average molecular weight is 316 g/mol. The second-order valence-corrected chi connectivity index (χ2v) is 7.66. The number of nitrogens with zero attached hydrogens (tertiary/aromatic N) is 1. The zero-order valence-electron chi connectivity index (χ0n) is 8.88. The van der Waals surface area contributed by atoms with Gasteiger partial charge in [-0.15, -0.1) is 4.83 Å². The van der Waals surface area contributed by atoms with Crippen LogP contribution in [-0.4, -0.2) is 51.2 Å². The Morgan fingerprint density at radius 2 is 1.35 bits per heavy atom. The first-order valence-electron chi connectivity index (χ1n) is 3.65. The Labute approximate surface area is 98.4 Å². The van der Waals surface area contributed by atoms with Crippen LogP contribution >= 0.6 is 0 Å². The second kappa shape index (κ2) is 5.61. The van der Waals surface area contributed by atoms with Gasteiger partial charge < -0.3 is 13.3 Å². The molecule has 0 unspecified atom stereocenters. The van der Waals surface area contributed by atoms with E-state index in [1.807, 2.05) is 0 Å². The van der Waals surface area contributed by atoms with E-state index in [0.29, 0.717) is 0 Å². The normalized spacial score (nSPS) is 14.2. The zero-order chi connectivity index (χ0) is 13.9. The van der Waals surface area contributed by atoms with Crippen LogP contribution in [0.5, 0.6) is 0 Å². The monoisotopic (exact) mass is 316 g/mol. The summed E-state index contributed by atoms with van der Waals surface area (Å²) in [5.74, 6) is 0. The van der Waals surface area contributed by atoms with Crippen LogP contribution in [0.1, 0.15) is 0 Å². The highest BCUT2D eigenvalue weighted by Gasteiger charge is 2.56. The van der Waals surface area contributed by atoms with Crippen LogP contribution in [0.25, 0.3) is 0 Å². The molecule has 0 aromatic heterocycles. The quantitative estimate of drug-likeness (QED) is 0.349. The van der Waals surface area contributed by atoms with E-state index in [4.69, 9.17) is 0 Å². The van der Waals surface area contributed by atoms with Crippen LogP contribution in [-0.2, 0) is 34.1 Å².